The summed E-state index contributed by atoms with van der Waals surface area (Å²) in [6.07, 6.45) is 2.78. The van der Waals surface area contributed by atoms with Crippen molar-refractivity contribution in [2.24, 2.45) is 0 Å². The van der Waals surface area contributed by atoms with Crippen LogP contribution in [0.1, 0.15) is 23.9 Å². The first-order chi connectivity index (χ1) is 15.2. The van der Waals surface area contributed by atoms with Gasteiger partial charge in [0.25, 0.3) is 0 Å². The van der Waals surface area contributed by atoms with E-state index in [0.717, 1.165) is 57.0 Å². The Hall–Kier alpha value is -3.51. The van der Waals surface area contributed by atoms with Crippen molar-refractivity contribution in [3.8, 4) is 22.5 Å². The van der Waals surface area contributed by atoms with Crippen LogP contribution in [0.4, 0.5) is 0 Å². The molecular formula is C24H21ClN6. The summed E-state index contributed by atoms with van der Waals surface area (Å²) in [7, 11) is 0. The molecule has 0 aliphatic rings. The van der Waals surface area contributed by atoms with Gasteiger partial charge in [-0.05, 0) is 46.5 Å². The Morgan fingerprint density at radius 3 is 2.52 bits per heavy atom. The van der Waals surface area contributed by atoms with Crippen molar-refractivity contribution in [2.75, 3.05) is 0 Å². The summed E-state index contributed by atoms with van der Waals surface area (Å²) in [6, 6.07) is 18.8. The molecule has 5 rings (SSSR count). The third kappa shape index (κ3) is 3.49. The maximum Gasteiger partial charge on any atom is 0.180 e. The number of aromatic amines is 1. The van der Waals surface area contributed by atoms with Crippen LogP contribution in [-0.2, 0) is 13.0 Å². The maximum atomic E-state index is 6.60. The molecule has 0 atom stereocenters. The number of aryl methyl sites for hydroxylation is 1. The number of nitrogens with one attached hydrogen (secondary N) is 1. The van der Waals surface area contributed by atoms with Crippen molar-refractivity contribution in [2.45, 2.75) is 26.8 Å². The molecule has 0 saturated heterocycles. The lowest BCUT2D eigenvalue weighted by atomic mass is 9.98. The third-order valence-electron chi connectivity index (χ3n) is 5.68. The van der Waals surface area contributed by atoms with Crippen LogP contribution in [0.3, 0.4) is 0 Å². The van der Waals surface area contributed by atoms with Gasteiger partial charge in [0.2, 0.25) is 0 Å². The minimum atomic E-state index is 0.657. The summed E-state index contributed by atoms with van der Waals surface area (Å²) < 4.78 is 2.27. The molecule has 0 amide bonds. The Morgan fingerprint density at radius 2 is 1.81 bits per heavy atom. The molecule has 0 radical (unpaired) electrons. The maximum absolute atomic E-state index is 6.60. The first-order valence-corrected chi connectivity index (χ1v) is 10.6. The molecule has 31 heavy (non-hydrogen) atoms. The van der Waals surface area contributed by atoms with Crippen LogP contribution in [-0.4, -0.2) is 30.2 Å². The van der Waals surface area contributed by atoms with Gasteiger partial charge in [0.1, 0.15) is 0 Å². The molecule has 6 nitrogen and oxygen atoms in total. The number of H-pyrrole nitrogens is 1. The first-order valence-electron chi connectivity index (χ1n) is 10.2. The fraction of sp³-hybridized carbons (Fsp3) is 0.167. The van der Waals surface area contributed by atoms with Gasteiger partial charge in [0.05, 0.1) is 10.5 Å². The molecule has 0 spiro atoms. The quantitative estimate of drug-likeness (QED) is 0.403. The topological polar surface area (TPSA) is 72.3 Å². The SMILES string of the molecule is CCc1cc2c(cn1)c(Cl)c(C)n2Cc1ccc(-c2ccccc2-c2nnn[nH]2)cc1. The number of pyridine rings is 1. The summed E-state index contributed by atoms with van der Waals surface area (Å²) >= 11 is 6.60. The van der Waals surface area contributed by atoms with Crippen molar-refractivity contribution >= 4 is 22.5 Å². The monoisotopic (exact) mass is 428 g/mol. The lowest BCUT2D eigenvalue weighted by Gasteiger charge is -2.11. The highest BCUT2D eigenvalue weighted by atomic mass is 35.5. The number of hydrogen-bond donors (Lipinski definition) is 1. The number of tetrazole rings is 1. The van der Waals surface area contributed by atoms with Gasteiger partial charge in [-0.2, -0.15) is 0 Å². The van der Waals surface area contributed by atoms with Gasteiger partial charge in [-0.15, -0.1) is 5.10 Å². The number of rotatable bonds is 5. The largest absolute Gasteiger partial charge is 0.339 e. The van der Waals surface area contributed by atoms with Gasteiger partial charge in [-0.25, -0.2) is 5.10 Å². The molecule has 0 aliphatic carbocycles. The smallest absolute Gasteiger partial charge is 0.180 e. The van der Waals surface area contributed by atoms with Gasteiger partial charge in [-0.3, -0.25) is 4.98 Å². The number of fused-ring (bicyclic) bond motifs is 1. The second-order valence-corrected chi connectivity index (χ2v) is 7.90. The first kappa shape index (κ1) is 19.5. The highest BCUT2D eigenvalue weighted by molar-refractivity contribution is 6.36. The molecule has 7 heteroatoms. The van der Waals surface area contributed by atoms with Crippen molar-refractivity contribution in [3.63, 3.8) is 0 Å². The van der Waals surface area contributed by atoms with E-state index < -0.39 is 0 Å². The molecular weight excluding hydrogens is 408 g/mol. The van der Waals surface area contributed by atoms with Crippen LogP contribution in [0, 0.1) is 6.92 Å². The highest BCUT2D eigenvalue weighted by Gasteiger charge is 2.14. The molecule has 3 aromatic heterocycles. The Balaban J connectivity index is 1.50. The van der Waals surface area contributed by atoms with Gasteiger partial charge in [-0.1, -0.05) is 67.1 Å². The molecule has 0 bridgehead atoms. The zero-order chi connectivity index (χ0) is 21.4. The van der Waals surface area contributed by atoms with Gasteiger partial charge < -0.3 is 4.57 Å². The summed E-state index contributed by atoms with van der Waals surface area (Å²) in [5.41, 5.74) is 7.61. The second-order valence-electron chi connectivity index (χ2n) is 7.52. The van der Waals surface area contributed by atoms with Crippen LogP contribution >= 0.6 is 11.6 Å². The number of benzene rings is 2. The minimum Gasteiger partial charge on any atom is -0.339 e. The van der Waals surface area contributed by atoms with Crippen molar-refractivity contribution in [3.05, 3.63) is 82.8 Å². The normalized spacial score (nSPS) is 11.3. The van der Waals surface area contributed by atoms with Gasteiger partial charge in [0, 0.05) is 35.1 Å². The van der Waals surface area contributed by atoms with E-state index in [0.29, 0.717) is 5.82 Å². The van der Waals surface area contributed by atoms with E-state index in [-0.39, 0.29) is 0 Å². The Labute approximate surface area is 184 Å². The lowest BCUT2D eigenvalue weighted by molar-refractivity contribution is 0.804. The molecule has 154 valence electrons. The van der Waals surface area contributed by atoms with E-state index in [4.69, 9.17) is 11.6 Å². The molecule has 5 aromatic rings. The fourth-order valence-corrected chi connectivity index (χ4v) is 4.20. The van der Waals surface area contributed by atoms with E-state index in [1.54, 1.807) is 0 Å². The van der Waals surface area contributed by atoms with Crippen LogP contribution in [0.5, 0.6) is 0 Å². The Morgan fingerprint density at radius 1 is 1.03 bits per heavy atom. The van der Waals surface area contributed by atoms with Crippen molar-refractivity contribution in [1.29, 1.82) is 0 Å². The highest BCUT2D eigenvalue weighted by Crippen LogP contribution is 2.32. The van der Waals surface area contributed by atoms with E-state index in [9.17, 15) is 0 Å². The summed E-state index contributed by atoms with van der Waals surface area (Å²) in [5.74, 6) is 0.657. The Kier molecular flexibility index (Phi) is 5.00. The fourth-order valence-electron chi connectivity index (χ4n) is 3.96. The Bertz CT molecular complexity index is 1350. The van der Waals surface area contributed by atoms with Crippen LogP contribution < -0.4 is 0 Å². The number of hydrogen-bond acceptors (Lipinski definition) is 4. The predicted octanol–water partition coefficient (Wildman–Crippen LogP) is 5.46. The number of halogens is 1. The van der Waals surface area contributed by atoms with E-state index in [1.807, 2.05) is 24.4 Å². The number of aromatic nitrogens is 6. The molecule has 0 unspecified atom stereocenters. The summed E-state index contributed by atoms with van der Waals surface area (Å²) in [5, 5.41) is 16.1. The van der Waals surface area contributed by atoms with Crippen LogP contribution in [0.15, 0.2) is 60.8 Å². The molecule has 0 saturated carbocycles. The van der Waals surface area contributed by atoms with Gasteiger partial charge in [0.15, 0.2) is 5.82 Å². The standard InChI is InChI=1S/C24H21ClN6/c1-3-18-12-22-21(13-26-18)23(25)15(2)31(22)14-16-8-10-17(11-9-16)19-6-4-5-7-20(19)24-27-29-30-28-24/h4-13H,3,14H2,1-2H3,(H,27,28,29,30). The van der Waals surface area contributed by atoms with E-state index in [2.05, 4.69) is 80.4 Å². The average Bonchev–Trinajstić information content (AvgIpc) is 3.43. The molecule has 0 fully saturated rings. The lowest BCUT2D eigenvalue weighted by Crippen LogP contribution is -2.02. The predicted molar refractivity (Wildman–Crippen MR) is 123 cm³/mol. The van der Waals surface area contributed by atoms with Crippen LogP contribution in [0.2, 0.25) is 5.02 Å². The van der Waals surface area contributed by atoms with Crippen molar-refractivity contribution < 1.29 is 0 Å². The zero-order valence-electron chi connectivity index (χ0n) is 17.3. The minimum absolute atomic E-state index is 0.657. The molecule has 2 aromatic carbocycles. The third-order valence-corrected chi connectivity index (χ3v) is 6.16. The number of nitrogens with zero attached hydrogens (tertiary/aromatic N) is 5. The molecule has 3 heterocycles. The summed E-state index contributed by atoms with van der Waals surface area (Å²) in [6.45, 7) is 4.92. The summed E-state index contributed by atoms with van der Waals surface area (Å²) in [4.78, 5) is 4.51. The van der Waals surface area contributed by atoms with Crippen molar-refractivity contribution in [1.82, 2.24) is 30.2 Å². The van der Waals surface area contributed by atoms with E-state index >= 15 is 0 Å². The van der Waals surface area contributed by atoms with Gasteiger partial charge >= 0.3 is 0 Å². The molecule has 0 aliphatic heterocycles. The zero-order valence-corrected chi connectivity index (χ0v) is 18.1. The van der Waals surface area contributed by atoms with Crippen LogP contribution in [0.25, 0.3) is 33.4 Å². The average molecular weight is 429 g/mol. The second kappa shape index (κ2) is 7.96. The van der Waals surface area contributed by atoms with E-state index in [1.165, 1.54) is 5.56 Å². The molecule has 1 N–H and O–H groups in total.